The van der Waals surface area contributed by atoms with E-state index >= 15 is 0 Å². The lowest BCUT2D eigenvalue weighted by molar-refractivity contribution is -0.191. The van der Waals surface area contributed by atoms with Crippen molar-refractivity contribution in [3.05, 3.63) is 65.9 Å². The molecule has 3 aromatic rings. The van der Waals surface area contributed by atoms with Crippen LogP contribution in [0.5, 0.6) is 0 Å². The predicted octanol–water partition coefficient (Wildman–Crippen LogP) is 4.41. The molecule has 1 fully saturated rings. The Balaban J connectivity index is 0.00000108. The Morgan fingerprint density at radius 2 is 1.74 bits per heavy atom. The van der Waals surface area contributed by atoms with Crippen molar-refractivity contribution in [3.8, 4) is 11.3 Å². The molecule has 0 unspecified atom stereocenters. The van der Waals surface area contributed by atoms with Crippen molar-refractivity contribution in [1.82, 2.24) is 19.9 Å². The zero-order valence-corrected chi connectivity index (χ0v) is 20.1. The molecule has 35 heavy (non-hydrogen) atoms. The molecule has 1 aromatic heterocycles. The normalized spacial score (nSPS) is 13.2. The minimum atomic E-state index is -0.381. The minimum Gasteiger partial charge on any atom is -0.443 e. The Hall–Kier alpha value is -3.97. The fourth-order valence-corrected chi connectivity index (χ4v) is 4.13. The molecule has 0 spiro atoms. The molecule has 1 amide bonds. The van der Waals surface area contributed by atoms with Gasteiger partial charge in [0, 0.05) is 37.9 Å². The summed E-state index contributed by atoms with van der Waals surface area (Å²) in [4.78, 5) is 30.3. The molecule has 0 bridgehead atoms. The highest BCUT2D eigenvalue weighted by Crippen LogP contribution is 2.26. The average Bonchev–Trinajstić information content (AvgIpc) is 3.25. The summed E-state index contributed by atoms with van der Waals surface area (Å²) in [6.45, 7) is 0.602. The zero-order valence-electron chi connectivity index (χ0n) is 20.1. The number of amides is 1. The van der Waals surface area contributed by atoms with Crippen LogP contribution in [0.1, 0.15) is 43.4 Å². The molecular weight excluding hydrogens is 446 g/mol. The molecule has 0 radical (unpaired) electrons. The number of benzene rings is 2. The van der Waals surface area contributed by atoms with Crippen molar-refractivity contribution in [2.24, 2.45) is 7.05 Å². The van der Waals surface area contributed by atoms with Gasteiger partial charge in [0.15, 0.2) is 0 Å². The van der Waals surface area contributed by atoms with Crippen LogP contribution in [0.4, 0.5) is 10.5 Å². The van der Waals surface area contributed by atoms with Crippen molar-refractivity contribution in [2.75, 3.05) is 12.4 Å². The third-order valence-electron chi connectivity index (χ3n) is 5.98. The summed E-state index contributed by atoms with van der Waals surface area (Å²) in [5, 5.41) is 12.1. The highest BCUT2D eigenvalue weighted by molar-refractivity contribution is 5.68. The van der Waals surface area contributed by atoms with Crippen LogP contribution in [0.2, 0.25) is 0 Å². The van der Waals surface area contributed by atoms with Crippen LogP contribution in [-0.4, -0.2) is 45.2 Å². The van der Waals surface area contributed by atoms with Crippen LogP contribution in [0.25, 0.3) is 11.3 Å². The van der Waals surface area contributed by atoms with E-state index in [0.29, 0.717) is 12.6 Å². The van der Waals surface area contributed by atoms with Crippen LogP contribution in [0.3, 0.4) is 0 Å². The molecule has 2 aromatic carbocycles. The van der Waals surface area contributed by atoms with E-state index < -0.39 is 0 Å². The van der Waals surface area contributed by atoms with Crippen LogP contribution >= 0.6 is 0 Å². The first-order chi connectivity index (χ1) is 17.0. The summed E-state index contributed by atoms with van der Waals surface area (Å²) in [6, 6.07) is 18.7. The Labute approximate surface area is 205 Å². The maximum absolute atomic E-state index is 12.5. The standard InChI is InChI=1S/C25H31N5O2.CO2/c1-29(17-19-9-5-3-6-10-19)25(31)32-18-23-24(27-28-30(23)2)20-13-15-22(16-14-20)26-21-11-7-4-8-12-21;2-1-3/h3,5-6,9-10,13-16,21,26H,4,7-8,11-12,17-18H2,1-2H3;. The number of nitrogens with one attached hydrogen (secondary N) is 1. The highest BCUT2D eigenvalue weighted by atomic mass is 16.6. The Morgan fingerprint density at radius 1 is 1.09 bits per heavy atom. The third-order valence-corrected chi connectivity index (χ3v) is 5.98. The van der Waals surface area contributed by atoms with Gasteiger partial charge in [-0.05, 0) is 30.5 Å². The smallest absolute Gasteiger partial charge is 0.410 e. The van der Waals surface area contributed by atoms with Crippen molar-refractivity contribution in [1.29, 1.82) is 0 Å². The van der Waals surface area contributed by atoms with Gasteiger partial charge >= 0.3 is 12.2 Å². The number of nitrogens with zero attached hydrogens (tertiary/aromatic N) is 4. The lowest BCUT2D eigenvalue weighted by Gasteiger charge is -2.23. The minimum absolute atomic E-state index is 0.110. The van der Waals surface area contributed by atoms with Crippen LogP contribution in [0.15, 0.2) is 54.6 Å². The van der Waals surface area contributed by atoms with Gasteiger partial charge in [-0.3, -0.25) is 0 Å². The van der Waals surface area contributed by atoms with Gasteiger partial charge in [-0.25, -0.2) is 9.48 Å². The molecule has 4 rings (SSSR count). The second-order valence-electron chi connectivity index (χ2n) is 8.54. The Kier molecular flexibility index (Phi) is 9.57. The maximum atomic E-state index is 12.5. The van der Waals surface area contributed by atoms with Gasteiger partial charge in [0.2, 0.25) is 0 Å². The quantitative estimate of drug-likeness (QED) is 0.537. The molecule has 0 atom stereocenters. The number of ether oxygens (including phenoxy) is 1. The largest absolute Gasteiger partial charge is 0.443 e. The van der Waals surface area contributed by atoms with Gasteiger partial charge < -0.3 is 15.0 Å². The van der Waals surface area contributed by atoms with E-state index in [1.165, 1.54) is 32.1 Å². The number of hydrogen-bond donors (Lipinski definition) is 1. The Bertz CT molecular complexity index is 1100. The lowest BCUT2D eigenvalue weighted by Crippen LogP contribution is -2.27. The number of carbonyl (C=O) groups excluding carboxylic acids is 3. The number of aryl methyl sites for hydroxylation is 1. The molecule has 1 saturated carbocycles. The number of anilines is 1. The zero-order chi connectivity index (χ0) is 25.0. The van der Waals surface area contributed by atoms with E-state index in [0.717, 1.165) is 28.2 Å². The molecule has 1 N–H and O–H groups in total. The molecule has 1 heterocycles. The fraction of sp³-hybridized carbons (Fsp3) is 0.385. The van der Waals surface area contributed by atoms with Gasteiger partial charge in [0.25, 0.3) is 0 Å². The second-order valence-corrected chi connectivity index (χ2v) is 8.54. The molecule has 1 aliphatic carbocycles. The first-order valence-electron chi connectivity index (χ1n) is 11.7. The van der Waals surface area contributed by atoms with E-state index in [9.17, 15) is 4.79 Å². The number of rotatable bonds is 7. The summed E-state index contributed by atoms with van der Waals surface area (Å²) in [7, 11) is 3.54. The first kappa shape index (κ1) is 25.6. The van der Waals surface area contributed by atoms with Crippen molar-refractivity contribution >= 4 is 17.9 Å². The van der Waals surface area contributed by atoms with Crippen LogP contribution in [0, 0.1) is 0 Å². The summed E-state index contributed by atoms with van der Waals surface area (Å²) in [5.41, 5.74) is 4.63. The average molecular weight is 478 g/mol. The molecule has 9 nitrogen and oxygen atoms in total. The van der Waals surface area contributed by atoms with Crippen molar-refractivity contribution < 1.29 is 19.1 Å². The van der Waals surface area contributed by atoms with Crippen LogP contribution < -0.4 is 5.32 Å². The molecule has 184 valence electrons. The van der Waals surface area contributed by atoms with Gasteiger partial charge in [-0.1, -0.05) is 66.9 Å². The summed E-state index contributed by atoms with van der Waals surface area (Å²) < 4.78 is 7.22. The number of hydrogen-bond acceptors (Lipinski definition) is 7. The van der Waals surface area contributed by atoms with Gasteiger partial charge in [0.1, 0.15) is 18.0 Å². The molecule has 0 aliphatic heterocycles. The van der Waals surface area contributed by atoms with E-state index in [1.807, 2.05) is 49.5 Å². The highest BCUT2D eigenvalue weighted by Gasteiger charge is 2.18. The van der Waals surface area contributed by atoms with E-state index in [-0.39, 0.29) is 18.9 Å². The van der Waals surface area contributed by atoms with Gasteiger partial charge in [-0.2, -0.15) is 9.59 Å². The Morgan fingerprint density at radius 3 is 2.40 bits per heavy atom. The second kappa shape index (κ2) is 13.1. The monoisotopic (exact) mass is 477 g/mol. The molecule has 1 aliphatic rings. The topological polar surface area (TPSA) is 106 Å². The summed E-state index contributed by atoms with van der Waals surface area (Å²) in [5.74, 6) is 0. The number of aromatic nitrogens is 3. The van der Waals surface area contributed by atoms with Crippen molar-refractivity contribution in [3.63, 3.8) is 0 Å². The molecular formula is C26H31N5O4. The number of carbonyl (C=O) groups is 1. The van der Waals surface area contributed by atoms with E-state index in [2.05, 4.69) is 27.8 Å². The lowest BCUT2D eigenvalue weighted by atomic mass is 9.95. The molecule has 0 saturated heterocycles. The van der Waals surface area contributed by atoms with Gasteiger partial charge in [0.05, 0.1) is 0 Å². The maximum Gasteiger partial charge on any atom is 0.410 e. The molecule has 9 heteroatoms. The SMILES string of the molecule is CN(Cc1ccccc1)C(=O)OCc1c(-c2ccc(NC3CCCCC3)cc2)nnn1C.O=C=O. The first-order valence-corrected chi connectivity index (χ1v) is 11.7. The fourth-order valence-electron chi connectivity index (χ4n) is 4.13. The van der Waals surface area contributed by atoms with Crippen molar-refractivity contribution in [2.45, 2.75) is 51.3 Å². The summed E-state index contributed by atoms with van der Waals surface area (Å²) in [6.07, 6.45) is 6.29. The van der Waals surface area contributed by atoms with E-state index in [1.54, 1.807) is 16.6 Å². The van der Waals surface area contributed by atoms with E-state index in [4.69, 9.17) is 14.3 Å². The summed E-state index contributed by atoms with van der Waals surface area (Å²) >= 11 is 0. The van der Waals surface area contributed by atoms with Gasteiger partial charge in [-0.15, -0.1) is 5.10 Å². The van der Waals surface area contributed by atoms with Crippen LogP contribution in [-0.2, 0) is 34.5 Å². The predicted molar refractivity (Wildman–Crippen MR) is 130 cm³/mol. The third kappa shape index (κ3) is 7.52.